The molecule has 0 fully saturated rings. The summed E-state index contributed by atoms with van der Waals surface area (Å²) in [5, 5.41) is 11.6. The van der Waals surface area contributed by atoms with Gasteiger partial charge < -0.3 is 24.3 Å². The van der Waals surface area contributed by atoms with E-state index in [1.165, 1.54) is 7.11 Å². The SMILES string of the molecule is COc1ccc(OC)c(Nc2nc(C(=O)O)co2)c1. The molecule has 0 aliphatic rings. The van der Waals surface area contributed by atoms with E-state index in [0.29, 0.717) is 17.2 Å². The van der Waals surface area contributed by atoms with E-state index in [4.69, 9.17) is 19.0 Å². The third-order valence-corrected chi connectivity index (χ3v) is 2.37. The Kier molecular flexibility index (Phi) is 3.56. The predicted octanol–water partition coefficient (Wildman–Crippen LogP) is 2.13. The van der Waals surface area contributed by atoms with Gasteiger partial charge in [-0.2, -0.15) is 4.98 Å². The minimum absolute atomic E-state index is 0.0592. The highest BCUT2D eigenvalue weighted by Crippen LogP contribution is 2.31. The molecule has 2 aromatic rings. The number of oxazole rings is 1. The van der Waals surface area contributed by atoms with Gasteiger partial charge in [0.25, 0.3) is 6.01 Å². The second kappa shape index (κ2) is 5.30. The molecule has 2 N–H and O–H groups in total. The van der Waals surface area contributed by atoms with E-state index in [-0.39, 0.29) is 11.7 Å². The molecule has 0 aliphatic heterocycles. The molecule has 0 aliphatic carbocycles. The van der Waals surface area contributed by atoms with Crippen molar-refractivity contribution in [1.29, 1.82) is 0 Å². The Bertz CT molecular complexity index is 594. The first-order valence-corrected chi connectivity index (χ1v) is 5.32. The quantitative estimate of drug-likeness (QED) is 0.854. The molecular formula is C12H12N2O5. The van der Waals surface area contributed by atoms with Crippen LogP contribution in [-0.2, 0) is 0 Å². The van der Waals surface area contributed by atoms with Crippen LogP contribution in [0.2, 0.25) is 0 Å². The molecule has 1 aromatic carbocycles. The van der Waals surface area contributed by atoms with Gasteiger partial charge in [-0.25, -0.2) is 4.79 Å². The van der Waals surface area contributed by atoms with Gasteiger partial charge in [-0.1, -0.05) is 0 Å². The summed E-state index contributed by atoms with van der Waals surface area (Å²) in [5.41, 5.74) is 0.380. The van der Waals surface area contributed by atoms with Crippen LogP contribution in [0.4, 0.5) is 11.7 Å². The van der Waals surface area contributed by atoms with Crippen LogP contribution in [0.5, 0.6) is 11.5 Å². The number of ether oxygens (including phenoxy) is 2. The van der Waals surface area contributed by atoms with Crippen LogP contribution in [-0.4, -0.2) is 30.3 Å². The summed E-state index contributed by atoms with van der Waals surface area (Å²) in [7, 11) is 3.06. The summed E-state index contributed by atoms with van der Waals surface area (Å²) in [4.78, 5) is 14.5. The molecule has 0 bridgehead atoms. The predicted molar refractivity (Wildman–Crippen MR) is 66.3 cm³/mol. The summed E-state index contributed by atoms with van der Waals surface area (Å²) in [6.07, 6.45) is 1.05. The van der Waals surface area contributed by atoms with Crippen LogP contribution in [0.25, 0.3) is 0 Å². The summed E-state index contributed by atoms with van der Waals surface area (Å²) in [6, 6.07) is 5.19. The van der Waals surface area contributed by atoms with Crippen LogP contribution in [0.1, 0.15) is 10.5 Å². The zero-order valence-corrected chi connectivity index (χ0v) is 10.3. The highest BCUT2D eigenvalue weighted by Gasteiger charge is 2.12. The number of carbonyl (C=O) groups is 1. The Balaban J connectivity index is 2.27. The number of methoxy groups -OCH3 is 2. The fourth-order valence-electron chi connectivity index (χ4n) is 1.46. The number of aromatic nitrogens is 1. The van der Waals surface area contributed by atoms with Crippen molar-refractivity contribution in [3.8, 4) is 11.5 Å². The standard InChI is InChI=1S/C12H12N2O5/c1-17-7-3-4-10(18-2)8(5-7)13-12-14-9(6-19-12)11(15)16/h3-6H,1-2H3,(H,13,14)(H,15,16). The lowest BCUT2D eigenvalue weighted by atomic mass is 10.2. The number of aromatic carboxylic acids is 1. The lowest BCUT2D eigenvalue weighted by Gasteiger charge is -2.10. The molecule has 0 spiro atoms. The number of rotatable bonds is 5. The average molecular weight is 264 g/mol. The molecule has 7 nitrogen and oxygen atoms in total. The molecule has 1 heterocycles. The molecule has 1 aromatic heterocycles. The normalized spacial score (nSPS) is 10.0. The lowest BCUT2D eigenvalue weighted by molar-refractivity contribution is 0.0690. The van der Waals surface area contributed by atoms with Gasteiger partial charge in [0.2, 0.25) is 0 Å². The van der Waals surface area contributed by atoms with E-state index >= 15 is 0 Å². The van der Waals surface area contributed by atoms with E-state index in [2.05, 4.69) is 10.3 Å². The number of carboxylic acid groups (broad SMARTS) is 1. The number of hydrogen-bond acceptors (Lipinski definition) is 6. The molecule has 0 radical (unpaired) electrons. The maximum absolute atomic E-state index is 10.7. The van der Waals surface area contributed by atoms with Gasteiger partial charge in [-0.05, 0) is 12.1 Å². The number of carboxylic acids is 1. The van der Waals surface area contributed by atoms with E-state index in [1.807, 2.05) is 0 Å². The fraction of sp³-hybridized carbons (Fsp3) is 0.167. The minimum atomic E-state index is -1.16. The van der Waals surface area contributed by atoms with Crippen LogP contribution < -0.4 is 14.8 Å². The van der Waals surface area contributed by atoms with Gasteiger partial charge in [0.05, 0.1) is 19.9 Å². The van der Waals surface area contributed by atoms with Crippen LogP contribution in [0.3, 0.4) is 0 Å². The molecule has 2 rings (SSSR count). The van der Waals surface area contributed by atoms with E-state index in [9.17, 15) is 4.79 Å². The number of nitrogens with zero attached hydrogens (tertiary/aromatic N) is 1. The van der Waals surface area contributed by atoms with Crippen molar-refractivity contribution >= 4 is 17.7 Å². The Labute approximate surface area is 108 Å². The lowest BCUT2D eigenvalue weighted by Crippen LogP contribution is -1.98. The van der Waals surface area contributed by atoms with E-state index in [1.54, 1.807) is 25.3 Å². The van der Waals surface area contributed by atoms with Gasteiger partial charge in [0.15, 0.2) is 5.69 Å². The van der Waals surface area contributed by atoms with Crippen molar-refractivity contribution < 1.29 is 23.8 Å². The molecule has 0 saturated carbocycles. The first kappa shape index (κ1) is 12.7. The molecule has 0 saturated heterocycles. The van der Waals surface area contributed by atoms with Crippen LogP contribution in [0.15, 0.2) is 28.9 Å². The number of nitrogens with one attached hydrogen (secondary N) is 1. The number of benzene rings is 1. The van der Waals surface area contributed by atoms with Crippen molar-refractivity contribution in [2.45, 2.75) is 0 Å². The highest BCUT2D eigenvalue weighted by atomic mass is 16.5. The van der Waals surface area contributed by atoms with Gasteiger partial charge in [0, 0.05) is 6.07 Å². The maximum Gasteiger partial charge on any atom is 0.357 e. The molecule has 0 amide bonds. The monoisotopic (exact) mass is 264 g/mol. The Morgan fingerprint density at radius 3 is 2.74 bits per heavy atom. The second-order valence-corrected chi connectivity index (χ2v) is 3.53. The molecular weight excluding hydrogens is 252 g/mol. The number of hydrogen-bond donors (Lipinski definition) is 2. The molecule has 100 valence electrons. The number of anilines is 2. The fourth-order valence-corrected chi connectivity index (χ4v) is 1.46. The van der Waals surface area contributed by atoms with Gasteiger partial charge in [-0.15, -0.1) is 0 Å². The van der Waals surface area contributed by atoms with E-state index in [0.717, 1.165) is 6.26 Å². The van der Waals surface area contributed by atoms with Crippen molar-refractivity contribution in [2.75, 3.05) is 19.5 Å². The van der Waals surface area contributed by atoms with E-state index < -0.39 is 5.97 Å². The summed E-state index contributed by atoms with van der Waals surface area (Å²) in [6.45, 7) is 0. The molecule has 19 heavy (non-hydrogen) atoms. The highest BCUT2D eigenvalue weighted by molar-refractivity contribution is 5.85. The third-order valence-electron chi connectivity index (χ3n) is 2.37. The Hall–Kier alpha value is -2.70. The van der Waals surface area contributed by atoms with Gasteiger partial charge >= 0.3 is 5.97 Å². The van der Waals surface area contributed by atoms with Crippen molar-refractivity contribution in [3.05, 3.63) is 30.2 Å². The molecule has 0 unspecified atom stereocenters. The zero-order chi connectivity index (χ0) is 13.8. The smallest absolute Gasteiger partial charge is 0.357 e. The summed E-state index contributed by atoms with van der Waals surface area (Å²) in [5.74, 6) is 0.0126. The third kappa shape index (κ3) is 2.76. The molecule has 0 atom stereocenters. The zero-order valence-electron chi connectivity index (χ0n) is 10.3. The topological polar surface area (TPSA) is 93.8 Å². The van der Waals surface area contributed by atoms with Gasteiger partial charge in [0.1, 0.15) is 17.8 Å². The summed E-state index contributed by atoms with van der Waals surface area (Å²) >= 11 is 0. The van der Waals surface area contributed by atoms with Crippen LogP contribution in [0, 0.1) is 0 Å². The Morgan fingerprint density at radius 2 is 2.16 bits per heavy atom. The van der Waals surface area contributed by atoms with Gasteiger partial charge in [-0.3, -0.25) is 0 Å². The summed E-state index contributed by atoms with van der Waals surface area (Å²) < 4.78 is 15.3. The van der Waals surface area contributed by atoms with Crippen molar-refractivity contribution in [1.82, 2.24) is 4.98 Å². The minimum Gasteiger partial charge on any atom is -0.497 e. The average Bonchev–Trinajstić information content (AvgIpc) is 2.87. The van der Waals surface area contributed by atoms with Crippen LogP contribution >= 0.6 is 0 Å². The largest absolute Gasteiger partial charge is 0.497 e. The second-order valence-electron chi connectivity index (χ2n) is 3.53. The maximum atomic E-state index is 10.7. The first-order chi connectivity index (χ1) is 9.13. The van der Waals surface area contributed by atoms with Crippen molar-refractivity contribution in [2.24, 2.45) is 0 Å². The Morgan fingerprint density at radius 1 is 1.37 bits per heavy atom. The first-order valence-electron chi connectivity index (χ1n) is 5.32. The van der Waals surface area contributed by atoms with Crippen molar-refractivity contribution in [3.63, 3.8) is 0 Å². The molecule has 7 heteroatoms.